The summed E-state index contributed by atoms with van der Waals surface area (Å²) >= 11 is 0. The van der Waals surface area contributed by atoms with Crippen LogP contribution in [0.1, 0.15) is 45.4 Å². The molecule has 0 aromatic carbocycles. The second kappa shape index (κ2) is 10.0. The van der Waals surface area contributed by atoms with E-state index < -0.39 is 5.97 Å². The minimum atomic E-state index is -1.14. The molecule has 0 aliphatic rings. The summed E-state index contributed by atoms with van der Waals surface area (Å²) in [5, 5.41) is 9.97. The van der Waals surface area contributed by atoms with Gasteiger partial charge in [0.1, 0.15) is 0 Å². The monoisotopic (exact) mass is 195 g/mol. The molecule has 0 aromatic rings. The Morgan fingerprint density at radius 3 is 2.50 bits per heavy atom. The SMILES string of the molecule is CCCCCCC/C=C/C=C/C(=O)[O-]. The maximum Gasteiger partial charge on any atom is 0.0642 e. The molecular formula is C12H19O2-. The lowest BCUT2D eigenvalue weighted by Gasteiger charge is -1.95. The highest BCUT2D eigenvalue weighted by Gasteiger charge is 1.85. The summed E-state index contributed by atoms with van der Waals surface area (Å²) in [4.78, 5) is 9.97. The van der Waals surface area contributed by atoms with Crippen LogP contribution in [0, 0.1) is 0 Å². The number of carboxylic acid groups (broad SMARTS) is 1. The van der Waals surface area contributed by atoms with E-state index in [0.717, 1.165) is 12.5 Å². The summed E-state index contributed by atoms with van der Waals surface area (Å²) in [6, 6.07) is 0. The van der Waals surface area contributed by atoms with E-state index in [9.17, 15) is 9.90 Å². The number of allylic oxidation sites excluding steroid dienone is 3. The van der Waals surface area contributed by atoms with Gasteiger partial charge in [0.15, 0.2) is 0 Å². The molecular weight excluding hydrogens is 176 g/mol. The van der Waals surface area contributed by atoms with Gasteiger partial charge in [0.25, 0.3) is 0 Å². The average Bonchev–Trinajstić information content (AvgIpc) is 2.15. The second-order valence-electron chi connectivity index (χ2n) is 3.31. The van der Waals surface area contributed by atoms with Crippen molar-refractivity contribution in [1.29, 1.82) is 0 Å². The Morgan fingerprint density at radius 2 is 1.86 bits per heavy atom. The van der Waals surface area contributed by atoms with Crippen LogP contribution in [-0.2, 0) is 4.79 Å². The van der Waals surface area contributed by atoms with Crippen molar-refractivity contribution < 1.29 is 9.90 Å². The Kier molecular flexibility index (Phi) is 9.28. The molecule has 80 valence electrons. The van der Waals surface area contributed by atoms with Gasteiger partial charge in [-0.15, -0.1) is 0 Å². The van der Waals surface area contributed by atoms with Gasteiger partial charge in [-0.3, -0.25) is 0 Å². The highest BCUT2D eigenvalue weighted by Crippen LogP contribution is 2.05. The van der Waals surface area contributed by atoms with E-state index >= 15 is 0 Å². The number of hydrogen-bond acceptors (Lipinski definition) is 2. The molecule has 0 radical (unpaired) electrons. The van der Waals surface area contributed by atoms with Crippen molar-refractivity contribution in [2.45, 2.75) is 45.4 Å². The lowest BCUT2D eigenvalue weighted by Crippen LogP contribution is -2.18. The molecule has 0 atom stereocenters. The molecule has 0 fully saturated rings. The Morgan fingerprint density at radius 1 is 1.14 bits per heavy atom. The number of unbranched alkanes of at least 4 members (excludes halogenated alkanes) is 5. The molecule has 0 aliphatic heterocycles. The maximum atomic E-state index is 9.97. The van der Waals surface area contributed by atoms with Crippen molar-refractivity contribution in [1.82, 2.24) is 0 Å². The first-order valence-electron chi connectivity index (χ1n) is 5.31. The van der Waals surface area contributed by atoms with Crippen LogP contribution in [0.4, 0.5) is 0 Å². The van der Waals surface area contributed by atoms with Gasteiger partial charge < -0.3 is 9.90 Å². The minimum absolute atomic E-state index is 1.03. The van der Waals surface area contributed by atoms with Crippen molar-refractivity contribution in [2.75, 3.05) is 0 Å². The van der Waals surface area contributed by atoms with Gasteiger partial charge in [0.05, 0.1) is 5.97 Å². The average molecular weight is 195 g/mol. The van der Waals surface area contributed by atoms with Crippen molar-refractivity contribution in [3.63, 3.8) is 0 Å². The van der Waals surface area contributed by atoms with E-state index in [2.05, 4.69) is 6.92 Å². The number of hydrogen-bond donors (Lipinski definition) is 0. The molecule has 0 N–H and O–H groups in total. The van der Waals surface area contributed by atoms with Gasteiger partial charge in [-0.25, -0.2) is 0 Å². The quantitative estimate of drug-likeness (QED) is 0.338. The second-order valence-corrected chi connectivity index (χ2v) is 3.31. The van der Waals surface area contributed by atoms with E-state index in [-0.39, 0.29) is 0 Å². The number of carboxylic acids is 1. The summed E-state index contributed by atoms with van der Waals surface area (Å²) in [6.45, 7) is 2.20. The molecule has 0 spiro atoms. The molecule has 0 rings (SSSR count). The zero-order valence-corrected chi connectivity index (χ0v) is 8.87. The fourth-order valence-electron chi connectivity index (χ4n) is 1.17. The van der Waals surface area contributed by atoms with Crippen molar-refractivity contribution in [3.05, 3.63) is 24.3 Å². The van der Waals surface area contributed by atoms with Gasteiger partial charge >= 0.3 is 0 Å². The number of rotatable bonds is 8. The zero-order chi connectivity index (χ0) is 10.6. The molecule has 0 heterocycles. The first kappa shape index (κ1) is 12.9. The van der Waals surface area contributed by atoms with Crippen LogP contribution in [0.3, 0.4) is 0 Å². The van der Waals surface area contributed by atoms with Gasteiger partial charge in [-0.05, 0) is 18.9 Å². The molecule has 14 heavy (non-hydrogen) atoms. The van der Waals surface area contributed by atoms with Gasteiger partial charge in [-0.2, -0.15) is 0 Å². The summed E-state index contributed by atoms with van der Waals surface area (Å²) in [6.07, 6.45) is 13.7. The smallest absolute Gasteiger partial charge is 0.0642 e. The Bertz CT molecular complexity index is 192. The number of carbonyl (C=O) groups excluding carboxylic acids is 1. The summed E-state index contributed by atoms with van der Waals surface area (Å²) < 4.78 is 0. The predicted octanol–water partition coefficient (Wildman–Crippen LogP) is 2.21. The molecule has 0 aliphatic carbocycles. The fraction of sp³-hybridized carbons (Fsp3) is 0.583. The van der Waals surface area contributed by atoms with Gasteiger partial charge in [0.2, 0.25) is 0 Å². The third kappa shape index (κ3) is 11.0. The van der Waals surface area contributed by atoms with Crippen LogP contribution in [0.25, 0.3) is 0 Å². The lowest BCUT2D eigenvalue weighted by atomic mass is 10.1. The highest BCUT2D eigenvalue weighted by molar-refractivity contribution is 5.77. The molecule has 0 saturated carbocycles. The third-order valence-corrected chi connectivity index (χ3v) is 1.95. The molecule has 0 amide bonds. The first-order chi connectivity index (χ1) is 6.77. The first-order valence-corrected chi connectivity index (χ1v) is 5.31. The maximum absolute atomic E-state index is 9.97. The number of carbonyl (C=O) groups is 1. The standard InChI is InChI=1S/C12H20O2/c1-2-3-4-5-6-7-8-9-10-11-12(13)14/h8-11H,2-7H2,1H3,(H,13,14)/p-1/b9-8+,11-10+. The topological polar surface area (TPSA) is 40.1 Å². The Labute approximate surface area is 86.3 Å². The van der Waals surface area contributed by atoms with Crippen LogP contribution in [0.15, 0.2) is 24.3 Å². The van der Waals surface area contributed by atoms with Gasteiger partial charge in [-0.1, -0.05) is 50.8 Å². The molecule has 0 unspecified atom stereocenters. The summed E-state index contributed by atoms with van der Waals surface area (Å²) in [7, 11) is 0. The van der Waals surface area contributed by atoms with Crippen LogP contribution in [-0.4, -0.2) is 5.97 Å². The van der Waals surface area contributed by atoms with E-state index in [0.29, 0.717) is 0 Å². The molecule has 2 nitrogen and oxygen atoms in total. The van der Waals surface area contributed by atoms with Crippen molar-refractivity contribution in [2.24, 2.45) is 0 Å². The zero-order valence-electron chi connectivity index (χ0n) is 8.87. The molecule has 0 aromatic heterocycles. The van der Waals surface area contributed by atoms with E-state index in [1.54, 1.807) is 6.08 Å². The molecule has 2 heteroatoms. The summed E-state index contributed by atoms with van der Waals surface area (Å²) in [5.41, 5.74) is 0. The molecule has 0 saturated heterocycles. The fourth-order valence-corrected chi connectivity index (χ4v) is 1.17. The normalized spacial score (nSPS) is 11.5. The third-order valence-electron chi connectivity index (χ3n) is 1.95. The van der Waals surface area contributed by atoms with Gasteiger partial charge in [0, 0.05) is 0 Å². The van der Waals surface area contributed by atoms with Crippen molar-refractivity contribution >= 4 is 5.97 Å². The van der Waals surface area contributed by atoms with E-state index in [1.165, 1.54) is 38.2 Å². The highest BCUT2D eigenvalue weighted by atomic mass is 16.4. The Balaban J connectivity index is 3.23. The van der Waals surface area contributed by atoms with E-state index in [4.69, 9.17) is 0 Å². The largest absolute Gasteiger partial charge is 0.545 e. The summed E-state index contributed by atoms with van der Waals surface area (Å²) in [5.74, 6) is -1.14. The minimum Gasteiger partial charge on any atom is -0.545 e. The van der Waals surface area contributed by atoms with Crippen LogP contribution in [0.2, 0.25) is 0 Å². The van der Waals surface area contributed by atoms with E-state index in [1.807, 2.05) is 6.08 Å². The number of aliphatic carboxylic acids is 1. The lowest BCUT2D eigenvalue weighted by molar-refractivity contribution is -0.297. The Hall–Kier alpha value is -1.05. The van der Waals surface area contributed by atoms with Crippen LogP contribution in [0.5, 0.6) is 0 Å². The van der Waals surface area contributed by atoms with Crippen LogP contribution < -0.4 is 5.11 Å². The molecule has 0 bridgehead atoms. The van der Waals surface area contributed by atoms with Crippen LogP contribution >= 0.6 is 0 Å². The van der Waals surface area contributed by atoms with Crippen molar-refractivity contribution in [3.8, 4) is 0 Å². The predicted molar refractivity (Wildman–Crippen MR) is 56.7 cm³/mol.